The summed E-state index contributed by atoms with van der Waals surface area (Å²) in [6, 6.07) is -0.637. The first-order valence-corrected chi connectivity index (χ1v) is 8.84. The molecule has 0 bridgehead atoms. The molecule has 7 heteroatoms. The summed E-state index contributed by atoms with van der Waals surface area (Å²) in [5.41, 5.74) is 0. The molecule has 0 aliphatic carbocycles. The lowest BCUT2D eigenvalue weighted by molar-refractivity contribution is -0.145. The maximum Gasteiger partial charge on any atom is 0.306 e. The fraction of sp³-hybridized carbons (Fsp3) is 0.722. The van der Waals surface area contributed by atoms with Gasteiger partial charge < -0.3 is 20.5 Å². The molecule has 25 heavy (non-hydrogen) atoms. The zero-order chi connectivity index (χ0) is 18.8. The molecular formula is C18H30N2O5. The standard InChI is InChI=1S/C18H30N2O5/c1-12(2)15-11-25-17(23)8-6-4-5-7-14(18(24)20-15)9-16(22)19-13(3)10-21/h4-5,12-15,21H,6-11H2,1-3H3,(H,19,22)(H,20,24)/t13-,14-,15-/m1/s1. The molecule has 0 saturated heterocycles. The Hall–Kier alpha value is -1.89. The van der Waals surface area contributed by atoms with Gasteiger partial charge in [-0.05, 0) is 25.7 Å². The van der Waals surface area contributed by atoms with Crippen molar-refractivity contribution in [2.45, 2.75) is 58.5 Å². The summed E-state index contributed by atoms with van der Waals surface area (Å²) in [4.78, 5) is 36.3. The van der Waals surface area contributed by atoms with Gasteiger partial charge in [-0.15, -0.1) is 0 Å². The second-order valence-corrected chi connectivity index (χ2v) is 6.84. The van der Waals surface area contributed by atoms with Crippen molar-refractivity contribution < 1.29 is 24.2 Å². The number of nitrogens with one attached hydrogen (secondary N) is 2. The lowest BCUT2D eigenvalue weighted by atomic mass is 9.97. The van der Waals surface area contributed by atoms with Crippen molar-refractivity contribution in [3.8, 4) is 0 Å². The van der Waals surface area contributed by atoms with Crippen LogP contribution in [0.15, 0.2) is 12.2 Å². The van der Waals surface area contributed by atoms with Gasteiger partial charge in [0.1, 0.15) is 6.61 Å². The number of hydrogen-bond donors (Lipinski definition) is 3. The van der Waals surface area contributed by atoms with Crippen molar-refractivity contribution in [2.24, 2.45) is 11.8 Å². The summed E-state index contributed by atoms with van der Waals surface area (Å²) in [5, 5.41) is 14.6. The zero-order valence-electron chi connectivity index (χ0n) is 15.3. The third-order valence-corrected chi connectivity index (χ3v) is 4.14. The SMILES string of the molecule is CC(C)[C@H]1COC(=O)CCC=CC[C@H](CC(=O)N[C@H](C)CO)C(=O)N1. The van der Waals surface area contributed by atoms with Gasteiger partial charge in [0.2, 0.25) is 11.8 Å². The Balaban J connectivity index is 2.81. The summed E-state index contributed by atoms with van der Waals surface area (Å²) in [6.45, 7) is 5.56. The van der Waals surface area contributed by atoms with Gasteiger partial charge >= 0.3 is 5.97 Å². The Morgan fingerprint density at radius 1 is 1.36 bits per heavy atom. The number of aliphatic hydroxyl groups is 1. The molecule has 0 spiro atoms. The van der Waals surface area contributed by atoms with Crippen LogP contribution in [0.2, 0.25) is 0 Å². The molecule has 1 rings (SSSR count). The van der Waals surface area contributed by atoms with Gasteiger partial charge in [0.15, 0.2) is 0 Å². The van der Waals surface area contributed by atoms with Crippen molar-refractivity contribution in [3.05, 3.63) is 12.2 Å². The van der Waals surface area contributed by atoms with Crippen LogP contribution >= 0.6 is 0 Å². The molecule has 7 nitrogen and oxygen atoms in total. The molecule has 0 radical (unpaired) electrons. The smallest absolute Gasteiger partial charge is 0.306 e. The van der Waals surface area contributed by atoms with E-state index in [-0.39, 0.29) is 55.4 Å². The molecule has 1 heterocycles. The van der Waals surface area contributed by atoms with Gasteiger partial charge in [-0.2, -0.15) is 0 Å². The van der Waals surface area contributed by atoms with E-state index in [1.807, 2.05) is 26.0 Å². The van der Waals surface area contributed by atoms with Crippen molar-refractivity contribution in [1.82, 2.24) is 10.6 Å². The normalized spacial score (nSPS) is 23.9. The highest BCUT2D eigenvalue weighted by Gasteiger charge is 2.26. The minimum Gasteiger partial charge on any atom is -0.463 e. The van der Waals surface area contributed by atoms with Crippen LogP contribution in [0.4, 0.5) is 0 Å². The molecule has 0 aromatic rings. The van der Waals surface area contributed by atoms with Crippen LogP contribution in [0.25, 0.3) is 0 Å². The molecule has 0 aromatic heterocycles. The minimum atomic E-state index is -0.501. The van der Waals surface area contributed by atoms with E-state index >= 15 is 0 Å². The van der Waals surface area contributed by atoms with Crippen LogP contribution in [0.1, 0.15) is 46.5 Å². The Labute approximate surface area is 149 Å². The molecule has 142 valence electrons. The number of aliphatic hydroxyl groups excluding tert-OH is 1. The summed E-state index contributed by atoms with van der Waals surface area (Å²) >= 11 is 0. The van der Waals surface area contributed by atoms with E-state index in [0.717, 1.165) is 0 Å². The zero-order valence-corrected chi connectivity index (χ0v) is 15.3. The number of allylic oxidation sites excluding steroid dienone is 2. The van der Waals surface area contributed by atoms with E-state index in [2.05, 4.69) is 10.6 Å². The number of rotatable bonds is 5. The van der Waals surface area contributed by atoms with Gasteiger partial charge in [-0.3, -0.25) is 14.4 Å². The van der Waals surface area contributed by atoms with E-state index in [0.29, 0.717) is 19.3 Å². The Kier molecular flexibility index (Phi) is 9.20. The number of amides is 2. The fourth-order valence-electron chi connectivity index (χ4n) is 2.42. The molecule has 1 aliphatic rings. The molecule has 1 aliphatic heterocycles. The maximum atomic E-state index is 12.6. The number of carbonyl (C=O) groups is 3. The van der Waals surface area contributed by atoms with Crippen molar-refractivity contribution in [3.63, 3.8) is 0 Å². The highest BCUT2D eigenvalue weighted by atomic mass is 16.5. The Morgan fingerprint density at radius 2 is 2.08 bits per heavy atom. The maximum absolute atomic E-state index is 12.6. The highest BCUT2D eigenvalue weighted by molar-refractivity contribution is 5.86. The first kappa shape index (κ1) is 21.2. The molecule has 0 saturated carbocycles. The monoisotopic (exact) mass is 354 g/mol. The van der Waals surface area contributed by atoms with E-state index in [4.69, 9.17) is 9.84 Å². The second kappa shape index (κ2) is 10.9. The van der Waals surface area contributed by atoms with Crippen LogP contribution in [0.5, 0.6) is 0 Å². The molecule has 0 aromatic carbocycles. The minimum absolute atomic E-state index is 0.0467. The average molecular weight is 354 g/mol. The number of ether oxygens (including phenoxy) is 1. The van der Waals surface area contributed by atoms with Crippen LogP contribution in [-0.2, 0) is 19.1 Å². The predicted octanol–water partition coefficient (Wildman–Crippen LogP) is 0.914. The topological polar surface area (TPSA) is 105 Å². The van der Waals surface area contributed by atoms with E-state index in [1.165, 1.54) is 0 Å². The largest absolute Gasteiger partial charge is 0.463 e. The van der Waals surface area contributed by atoms with E-state index in [1.54, 1.807) is 6.92 Å². The summed E-state index contributed by atoms with van der Waals surface area (Å²) in [6.07, 6.45) is 4.98. The number of hydrogen-bond acceptors (Lipinski definition) is 5. The molecule has 0 fully saturated rings. The van der Waals surface area contributed by atoms with E-state index in [9.17, 15) is 14.4 Å². The first-order chi connectivity index (χ1) is 11.8. The highest BCUT2D eigenvalue weighted by Crippen LogP contribution is 2.14. The van der Waals surface area contributed by atoms with Crippen LogP contribution < -0.4 is 10.6 Å². The lowest BCUT2D eigenvalue weighted by Gasteiger charge is -2.25. The third kappa shape index (κ3) is 8.16. The molecule has 0 unspecified atom stereocenters. The quantitative estimate of drug-likeness (QED) is 0.503. The van der Waals surface area contributed by atoms with Gasteiger partial charge in [0, 0.05) is 18.9 Å². The molecule has 3 N–H and O–H groups in total. The van der Waals surface area contributed by atoms with Crippen LogP contribution in [-0.4, -0.2) is 48.2 Å². The molecular weight excluding hydrogens is 324 g/mol. The predicted molar refractivity (Wildman–Crippen MR) is 93.5 cm³/mol. The average Bonchev–Trinajstić information content (AvgIpc) is 2.55. The summed E-state index contributed by atoms with van der Waals surface area (Å²) < 4.78 is 5.23. The van der Waals surface area contributed by atoms with Gasteiger partial charge in [-0.1, -0.05) is 26.0 Å². The van der Waals surface area contributed by atoms with E-state index < -0.39 is 5.92 Å². The third-order valence-electron chi connectivity index (χ3n) is 4.14. The summed E-state index contributed by atoms with van der Waals surface area (Å²) in [7, 11) is 0. The van der Waals surface area contributed by atoms with Crippen molar-refractivity contribution in [1.29, 1.82) is 0 Å². The second-order valence-electron chi connectivity index (χ2n) is 6.84. The van der Waals surface area contributed by atoms with Crippen molar-refractivity contribution in [2.75, 3.05) is 13.2 Å². The van der Waals surface area contributed by atoms with Crippen molar-refractivity contribution >= 4 is 17.8 Å². The Bertz CT molecular complexity index is 490. The van der Waals surface area contributed by atoms with Gasteiger partial charge in [0.25, 0.3) is 0 Å². The molecule has 2 amide bonds. The van der Waals surface area contributed by atoms with Crippen LogP contribution in [0.3, 0.4) is 0 Å². The molecule has 3 atom stereocenters. The fourth-order valence-corrected chi connectivity index (χ4v) is 2.42. The first-order valence-electron chi connectivity index (χ1n) is 8.84. The number of esters is 1. The summed E-state index contributed by atoms with van der Waals surface area (Å²) in [5.74, 6) is -1.18. The Morgan fingerprint density at radius 3 is 2.72 bits per heavy atom. The number of cyclic esters (lactones) is 1. The van der Waals surface area contributed by atoms with Crippen LogP contribution in [0, 0.1) is 11.8 Å². The number of carbonyl (C=O) groups excluding carboxylic acids is 3. The van der Waals surface area contributed by atoms with Gasteiger partial charge in [-0.25, -0.2) is 0 Å². The van der Waals surface area contributed by atoms with Gasteiger partial charge in [0.05, 0.1) is 18.6 Å². The lowest BCUT2D eigenvalue weighted by Crippen LogP contribution is -2.46.